The molecule has 0 bridgehead atoms. The molecule has 0 aromatic carbocycles. The van der Waals surface area contributed by atoms with E-state index in [-0.39, 0.29) is 5.91 Å². The molecule has 2 aromatic heterocycles. The molecule has 0 radical (unpaired) electrons. The second-order valence-electron chi connectivity index (χ2n) is 6.29. The maximum atomic E-state index is 12.8. The molecule has 0 unspecified atom stereocenters. The van der Waals surface area contributed by atoms with Gasteiger partial charge in [0.1, 0.15) is 5.65 Å². The largest absolute Gasteiger partial charge is 0.342 e. The van der Waals surface area contributed by atoms with Crippen LogP contribution in [0.15, 0.2) is 18.3 Å². The van der Waals surface area contributed by atoms with Crippen LogP contribution in [0.1, 0.15) is 56.5 Å². The first kappa shape index (κ1) is 17.5. The Hall–Kier alpha value is -1.84. The number of imidazole rings is 1. The second-order valence-corrected chi connectivity index (χ2v) is 6.29. The van der Waals surface area contributed by atoms with Crippen LogP contribution in [-0.4, -0.2) is 33.3 Å². The molecule has 0 aliphatic rings. The molecule has 2 aromatic rings. The standard InChI is InChI=1S/C19H29N3O/c1-5-7-11-21(12-8-6-2)18(23)14-17-16(4)20-19-15(3)10-9-13-22(17)19/h9-10,13H,5-8,11-12,14H2,1-4H3. The molecular formula is C19H29N3O. The van der Waals surface area contributed by atoms with Crippen LogP contribution in [0.4, 0.5) is 0 Å². The highest BCUT2D eigenvalue weighted by atomic mass is 16.2. The van der Waals surface area contributed by atoms with Gasteiger partial charge in [-0.2, -0.15) is 0 Å². The van der Waals surface area contributed by atoms with Crippen LogP contribution in [-0.2, 0) is 11.2 Å². The van der Waals surface area contributed by atoms with Gasteiger partial charge in [-0.1, -0.05) is 32.8 Å². The van der Waals surface area contributed by atoms with Crippen molar-refractivity contribution in [3.05, 3.63) is 35.3 Å². The quantitative estimate of drug-likeness (QED) is 0.740. The highest BCUT2D eigenvalue weighted by Crippen LogP contribution is 2.17. The topological polar surface area (TPSA) is 37.6 Å². The summed E-state index contributed by atoms with van der Waals surface area (Å²) in [5.74, 6) is 0.221. The molecule has 0 atom stereocenters. The summed E-state index contributed by atoms with van der Waals surface area (Å²) in [6.45, 7) is 10.1. The summed E-state index contributed by atoms with van der Waals surface area (Å²) < 4.78 is 2.07. The summed E-state index contributed by atoms with van der Waals surface area (Å²) in [6, 6.07) is 4.07. The van der Waals surface area contributed by atoms with Gasteiger partial charge in [0.25, 0.3) is 0 Å². The molecule has 4 nitrogen and oxygen atoms in total. The average Bonchev–Trinajstić information content (AvgIpc) is 2.85. The van der Waals surface area contributed by atoms with Gasteiger partial charge < -0.3 is 9.30 Å². The van der Waals surface area contributed by atoms with Crippen LogP contribution in [0.5, 0.6) is 0 Å². The first-order chi connectivity index (χ1) is 11.1. The van der Waals surface area contributed by atoms with Crippen molar-refractivity contribution in [3.63, 3.8) is 0 Å². The Labute approximate surface area is 139 Å². The minimum absolute atomic E-state index is 0.221. The van der Waals surface area contributed by atoms with Crippen LogP contribution in [0.3, 0.4) is 0 Å². The molecule has 126 valence electrons. The van der Waals surface area contributed by atoms with E-state index >= 15 is 0 Å². The molecule has 0 aliphatic carbocycles. The molecule has 0 aliphatic heterocycles. The number of nitrogens with zero attached hydrogens (tertiary/aromatic N) is 3. The smallest absolute Gasteiger partial charge is 0.228 e. The van der Waals surface area contributed by atoms with Crippen molar-refractivity contribution in [2.75, 3.05) is 13.1 Å². The van der Waals surface area contributed by atoms with Crippen LogP contribution in [0.2, 0.25) is 0 Å². The van der Waals surface area contributed by atoms with Gasteiger partial charge in [-0.15, -0.1) is 0 Å². The molecule has 4 heteroatoms. The zero-order valence-electron chi connectivity index (χ0n) is 14.9. The Morgan fingerprint density at radius 2 is 1.83 bits per heavy atom. The van der Waals surface area contributed by atoms with Crippen molar-refractivity contribution in [2.24, 2.45) is 0 Å². The van der Waals surface area contributed by atoms with E-state index in [1.165, 1.54) is 0 Å². The molecule has 0 N–H and O–H groups in total. The number of amides is 1. The molecule has 0 saturated heterocycles. The van der Waals surface area contributed by atoms with Gasteiger partial charge in [0.2, 0.25) is 5.91 Å². The van der Waals surface area contributed by atoms with Gasteiger partial charge in [-0.3, -0.25) is 4.79 Å². The van der Waals surface area contributed by atoms with Crippen molar-refractivity contribution >= 4 is 11.6 Å². The number of pyridine rings is 1. The lowest BCUT2D eigenvalue weighted by atomic mass is 10.2. The fourth-order valence-electron chi connectivity index (χ4n) is 2.89. The summed E-state index contributed by atoms with van der Waals surface area (Å²) in [6.07, 6.45) is 6.81. The first-order valence-corrected chi connectivity index (χ1v) is 8.79. The van der Waals surface area contributed by atoms with E-state index < -0.39 is 0 Å². The van der Waals surface area contributed by atoms with Gasteiger partial charge in [-0.25, -0.2) is 4.98 Å². The predicted octanol–water partition coefficient (Wildman–Crippen LogP) is 3.92. The van der Waals surface area contributed by atoms with Crippen LogP contribution < -0.4 is 0 Å². The van der Waals surface area contributed by atoms with Crippen molar-refractivity contribution < 1.29 is 4.79 Å². The highest BCUT2D eigenvalue weighted by molar-refractivity contribution is 5.79. The van der Waals surface area contributed by atoms with E-state index in [0.29, 0.717) is 6.42 Å². The normalized spacial score (nSPS) is 11.1. The van der Waals surface area contributed by atoms with Crippen LogP contribution in [0.25, 0.3) is 5.65 Å². The monoisotopic (exact) mass is 315 g/mol. The van der Waals surface area contributed by atoms with E-state index in [2.05, 4.69) is 36.2 Å². The number of aryl methyl sites for hydroxylation is 2. The van der Waals surface area contributed by atoms with E-state index in [4.69, 9.17) is 0 Å². The second kappa shape index (κ2) is 8.14. The third-order valence-corrected chi connectivity index (χ3v) is 4.38. The Balaban J connectivity index is 2.20. The minimum atomic E-state index is 0.221. The zero-order chi connectivity index (χ0) is 16.8. The maximum absolute atomic E-state index is 12.8. The molecule has 23 heavy (non-hydrogen) atoms. The number of unbranched alkanes of at least 4 members (excludes halogenated alkanes) is 2. The van der Waals surface area contributed by atoms with Crippen molar-refractivity contribution in [3.8, 4) is 0 Å². The Bertz CT molecular complexity index is 652. The van der Waals surface area contributed by atoms with Crippen molar-refractivity contribution in [1.82, 2.24) is 14.3 Å². The van der Waals surface area contributed by atoms with Crippen molar-refractivity contribution in [2.45, 2.75) is 59.8 Å². The predicted molar refractivity (Wildman–Crippen MR) is 94.8 cm³/mol. The van der Waals surface area contributed by atoms with Crippen molar-refractivity contribution in [1.29, 1.82) is 0 Å². The SMILES string of the molecule is CCCCN(CCCC)C(=O)Cc1c(C)nc2c(C)cccn12. The summed E-state index contributed by atoms with van der Waals surface area (Å²) in [5.41, 5.74) is 4.08. The molecule has 0 saturated carbocycles. The summed E-state index contributed by atoms with van der Waals surface area (Å²) >= 11 is 0. The van der Waals surface area contributed by atoms with E-state index in [0.717, 1.165) is 61.4 Å². The van der Waals surface area contributed by atoms with Gasteiger partial charge in [-0.05, 0) is 38.3 Å². The van der Waals surface area contributed by atoms with E-state index in [1.807, 2.05) is 24.1 Å². The maximum Gasteiger partial charge on any atom is 0.228 e. The van der Waals surface area contributed by atoms with Gasteiger partial charge in [0.15, 0.2) is 0 Å². The lowest BCUT2D eigenvalue weighted by Crippen LogP contribution is -2.34. The van der Waals surface area contributed by atoms with Gasteiger partial charge in [0.05, 0.1) is 17.8 Å². The lowest BCUT2D eigenvalue weighted by molar-refractivity contribution is -0.130. The number of aromatic nitrogens is 2. The lowest BCUT2D eigenvalue weighted by Gasteiger charge is -2.22. The third kappa shape index (κ3) is 4.12. The van der Waals surface area contributed by atoms with Gasteiger partial charge in [0, 0.05) is 19.3 Å². The van der Waals surface area contributed by atoms with E-state index in [9.17, 15) is 4.79 Å². The molecule has 0 fully saturated rings. The molecule has 0 spiro atoms. The summed E-state index contributed by atoms with van der Waals surface area (Å²) in [5, 5.41) is 0. The number of carbonyl (C=O) groups excluding carboxylic acids is 1. The highest BCUT2D eigenvalue weighted by Gasteiger charge is 2.18. The fourth-order valence-corrected chi connectivity index (χ4v) is 2.89. The Morgan fingerprint density at radius 3 is 2.43 bits per heavy atom. The number of hydrogen-bond donors (Lipinski definition) is 0. The van der Waals surface area contributed by atoms with Crippen LogP contribution in [0, 0.1) is 13.8 Å². The minimum Gasteiger partial charge on any atom is -0.342 e. The average molecular weight is 315 g/mol. The number of hydrogen-bond acceptors (Lipinski definition) is 2. The van der Waals surface area contributed by atoms with Crippen LogP contribution >= 0.6 is 0 Å². The Kier molecular flexibility index (Phi) is 6.20. The molecule has 2 heterocycles. The Morgan fingerprint density at radius 1 is 1.17 bits per heavy atom. The van der Waals surface area contributed by atoms with Gasteiger partial charge >= 0.3 is 0 Å². The third-order valence-electron chi connectivity index (χ3n) is 4.38. The molecular weight excluding hydrogens is 286 g/mol. The number of rotatable bonds is 8. The first-order valence-electron chi connectivity index (χ1n) is 8.79. The summed E-state index contributed by atoms with van der Waals surface area (Å²) in [4.78, 5) is 19.5. The molecule has 2 rings (SSSR count). The summed E-state index contributed by atoms with van der Waals surface area (Å²) in [7, 11) is 0. The van der Waals surface area contributed by atoms with E-state index in [1.54, 1.807) is 0 Å². The molecule has 1 amide bonds. The zero-order valence-corrected chi connectivity index (χ0v) is 14.9. The number of fused-ring (bicyclic) bond motifs is 1. The number of carbonyl (C=O) groups is 1. The fraction of sp³-hybridized carbons (Fsp3) is 0.579.